The van der Waals surface area contributed by atoms with Crippen molar-refractivity contribution in [3.63, 3.8) is 0 Å². The predicted molar refractivity (Wildman–Crippen MR) is 76.0 cm³/mol. The predicted octanol–water partition coefficient (Wildman–Crippen LogP) is 3.25. The molecule has 0 saturated carbocycles. The maximum absolute atomic E-state index is 12.1. The van der Waals surface area contributed by atoms with Crippen molar-refractivity contribution < 1.29 is 4.79 Å². The smallest absolute Gasteiger partial charge is 0.151 e. The van der Waals surface area contributed by atoms with E-state index < -0.39 is 0 Å². The van der Waals surface area contributed by atoms with Crippen LogP contribution in [-0.2, 0) is 11.2 Å². The summed E-state index contributed by atoms with van der Waals surface area (Å²) in [7, 11) is 0. The van der Waals surface area contributed by atoms with Crippen LogP contribution in [0.15, 0.2) is 12.3 Å². The van der Waals surface area contributed by atoms with Crippen LogP contribution in [0.2, 0.25) is 0 Å². The molecule has 1 aliphatic heterocycles. The molecule has 0 spiro atoms. The molecule has 1 atom stereocenters. The van der Waals surface area contributed by atoms with Crippen molar-refractivity contribution in [2.24, 2.45) is 0 Å². The lowest BCUT2D eigenvalue weighted by Gasteiger charge is -2.12. The first-order chi connectivity index (χ1) is 8.74. The monoisotopic (exact) mass is 266 g/mol. The third-order valence-corrected chi connectivity index (χ3v) is 5.05. The van der Waals surface area contributed by atoms with Crippen molar-refractivity contribution in [2.45, 2.75) is 57.2 Å². The van der Waals surface area contributed by atoms with Gasteiger partial charge in [-0.05, 0) is 37.5 Å². The van der Waals surface area contributed by atoms with Crippen molar-refractivity contribution >= 4 is 17.5 Å². The zero-order valence-corrected chi connectivity index (χ0v) is 12.1. The Morgan fingerprint density at radius 2 is 2.33 bits per heavy atom. The van der Waals surface area contributed by atoms with E-state index in [9.17, 15) is 4.79 Å². The van der Waals surface area contributed by atoms with E-state index >= 15 is 0 Å². The summed E-state index contributed by atoms with van der Waals surface area (Å²) in [6, 6.07) is 2.46. The number of hydrogen-bond acceptors (Lipinski definition) is 3. The van der Waals surface area contributed by atoms with E-state index in [2.05, 4.69) is 18.9 Å². The number of carbonyl (C=O) groups is 1. The van der Waals surface area contributed by atoms with Gasteiger partial charge in [-0.25, -0.2) is 0 Å². The molecule has 2 rings (SSSR count). The van der Waals surface area contributed by atoms with Gasteiger partial charge in [0, 0.05) is 6.20 Å². The number of carbonyl (C=O) groups excluding carboxylic acids is 1. The molecule has 1 aromatic heterocycles. The second-order valence-electron chi connectivity index (χ2n) is 4.90. The number of ketones is 1. The van der Waals surface area contributed by atoms with E-state index in [4.69, 9.17) is 0 Å². The number of Topliss-reactive ketones (excluding diaryl/α,β-unsaturated/α-hetero) is 1. The van der Waals surface area contributed by atoms with Crippen LogP contribution in [0.25, 0.3) is 0 Å². The van der Waals surface area contributed by atoms with Crippen molar-refractivity contribution in [3.05, 3.63) is 18.0 Å². The average Bonchev–Trinajstić information content (AvgIpc) is 3.01. The molecule has 2 heterocycles. The minimum absolute atomic E-state index is 0.225. The van der Waals surface area contributed by atoms with E-state index in [1.54, 1.807) is 0 Å². The SMILES string of the molecule is CCC(CC)n1ccc(CC(=O)C2CCCS2)n1. The van der Waals surface area contributed by atoms with E-state index in [1.165, 1.54) is 6.42 Å². The highest BCUT2D eigenvalue weighted by Gasteiger charge is 2.23. The molecule has 100 valence electrons. The van der Waals surface area contributed by atoms with E-state index in [1.807, 2.05) is 28.7 Å². The van der Waals surface area contributed by atoms with Gasteiger partial charge < -0.3 is 0 Å². The fourth-order valence-electron chi connectivity index (χ4n) is 2.46. The first-order valence-corrected chi connectivity index (χ1v) is 7.97. The minimum Gasteiger partial charge on any atom is -0.298 e. The molecule has 0 amide bonds. The molecule has 0 radical (unpaired) electrons. The number of hydrogen-bond donors (Lipinski definition) is 0. The second-order valence-corrected chi connectivity index (χ2v) is 6.21. The highest BCUT2D eigenvalue weighted by Crippen LogP contribution is 2.27. The summed E-state index contributed by atoms with van der Waals surface area (Å²) in [5.74, 6) is 1.49. The third kappa shape index (κ3) is 3.16. The van der Waals surface area contributed by atoms with Gasteiger partial charge in [-0.2, -0.15) is 16.9 Å². The summed E-state index contributed by atoms with van der Waals surface area (Å²) in [4.78, 5) is 12.1. The second kappa shape index (κ2) is 6.41. The summed E-state index contributed by atoms with van der Waals surface area (Å²) < 4.78 is 2.02. The maximum Gasteiger partial charge on any atom is 0.151 e. The molecular formula is C14H22N2OS. The Hall–Kier alpha value is -0.770. The Balaban J connectivity index is 1.95. The van der Waals surface area contributed by atoms with E-state index in [0.29, 0.717) is 18.2 Å². The Kier molecular flexibility index (Phi) is 4.87. The molecular weight excluding hydrogens is 244 g/mol. The largest absolute Gasteiger partial charge is 0.298 e. The number of nitrogens with zero attached hydrogens (tertiary/aromatic N) is 2. The van der Waals surface area contributed by atoms with Gasteiger partial charge in [-0.1, -0.05) is 13.8 Å². The van der Waals surface area contributed by atoms with Crippen LogP contribution in [0.4, 0.5) is 0 Å². The molecule has 1 saturated heterocycles. The molecule has 0 aliphatic carbocycles. The lowest BCUT2D eigenvalue weighted by Crippen LogP contribution is -2.17. The van der Waals surface area contributed by atoms with Crippen LogP contribution >= 0.6 is 11.8 Å². The summed E-state index contributed by atoms with van der Waals surface area (Å²) in [5.41, 5.74) is 0.930. The van der Waals surface area contributed by atoms with Gasteiger partial charge in [-0.15, -0.1) is 0 Å². The Morgan fingerprint density at radius 1 is 1.56 bits per heavy atom. The first-order valence-electron chi connectivity index (χ1n) is 6.93. The molecule has 1 aliphatic rings. The van der Waals surface area contributed by atoms with Gasteiger partial charge in [0.15, 0.2) is 5.78 Å². The van der Waals surface area contributed by atoms with E-state index in [-0.39, 0.29) is 5.25 Å². The molecule has 4 heteroatoms. The Labute approximate surface area is 113 Å². The lowest BCUT2D eigenvalue weighted by atomic mass is 10.1. The molecule has 18 heavy (non-hydrogen) atoms. The summed E-state index contributed by atoms with van der Waals surface area (Å²) in [6.07, 6.45) is 6.93. The van der Waals surface area contributed by atoms with Crippen LogP contribution in [0, 0.1) is 0 Å². The topological polar surface area (TPSA) is 34.9 Å². The zero-order chi connectivity index (χ0) is 13.0. The summed E-state index contributed by atoms with van der Waals surface area (Å²) >= 11 is 1.81. The van der Waals surface area contributed by atoms with Crippen LogP contribution in [-0.4, -0.2) is 26.6 Å². The van der Waals surface area contributed by atoms with Gasteiger partial charge >= 0.3 is 0 Å². The fourth-order valence-corrected chi connectivity index (χ4v) is 3.68. The Morgan fingerprint density at radius 3 is 2.94 bits per heavy atom. The van der Waals surface area contributed by atoms with Gasteiger partial charge in [0.1, 0.15) is 0 Å². The molecule has 1 unspecified atom stereocenters. The highest BCUT2D eigenvalue weighted by atomic mass is 32.2. The maximum atomic E-state index is 12.1. The van der Waals surface area contributed by atoms with Crippen molar-refractivity contribution in [1.29, 1.82) is 0 Å². The van der Waals surface area contributed by atoms with Gasteiger partial charge in [0.05, 0.1) is 23.4 Å². The standard InChI is InChI=1S/C14H22N2OS/c1-3-12(4-2)16-8-7-11(15-16)10-13(17)14-6-5-9-18-14/h7-8,12,14H,3-6,9-10H2,1-2H3. The minimum atomic E-state index is 0.225. The van der Waals surface area contributed by atoms with Crippen molar-refractivity contribution in [1.82, 2.24) is 9.78 Å². The fraction of sp³-hybridized carbons (Fsp3) is 0.714. The zero-order valence-electron chi connectivity index (χ0n) is 11.3. The van der Waals surface area contributed by atoms with Crippen LogP contribution in [0.5, 0.6) is 0 Å². The Bertz CT molecular complexity index is 392. The van der Waals surface area contributed by atoms with Crippen LogP contribution in [0.1, 0.15) is 51.3 Å². The highest BCUT2D eigenvalue weighted by molar-refractivity contribution is 8.00. The lowest BCUT2D eigenvalue weighted by molar-refractivity contribution is -0.118. The van der Waals surface area contributed by atoms with E-state index in [0.717, 1.165) is 30.7 Å². The van der Waals surface area contributed by atoms with Crippen LogP contribution in [0.3, 0.4) is 0 Å². The van der Waals surface area contributed by atoms with Crippen LogP contribution < -0.4 is 0 Å². The van der Waals surface area contributed by atoms with Gasteiger partial charge in [0.25, 0.3) is 0 Å². The number of rotatable bonds is 6. The molecule has 3 nitrogen and oxygen atoms in total. The third-order valence-electron chi connectivity index (χ3n) is 3.62. The molecule has 0 bridgehead atoms. The van der Waals surface area contributed by atoms with Crippen molar-refractivity contribution in [3.8, 4) is 0 Å². The summed E-state index contributed by atoms with van der Waals surface area (Å²) in [5, 5.41) is 4.78. The normalized spacial score (nSPS) is 19.6. The first kappa shape index (κ1) is 13.7. The number of thioether (sulfide) groups is 1. The van der Waals surface area contributed by atoms with Gasteiger partial charge in [-0.3, -0.25) is 9.48 Å². The molecule has 0 aromatic carbocycles. The summed E-state index contributed by atoms with van der Waals surface area (Å²) in [6.45, 7) is 4.35. The molecule has 1 aromatic rings. The quantitative estimate of drug-likeness (QED) is 0.792. The molecule has 0 N–H and O–H groups in total. The number of aromatic nitrogens is 2. The molecule has 1 fully saturated rings. The van der Waals surface area contributed by atoms with Crippen molar-refractivity contribution in [2.75, 3.05) is 5.75 Å². The van der Waals surface area contributed by atoms with Gasteiger partial charge in [0.2, 0.25) is 0 Å². The average molecular weight is 266 g/mol.